The van der Waals surface area contributed by atoms with E-state index in [9.17, 15) is 15.0 Å². The molecule has 30 heavy (non-hydrogen) atoms. The number of phenolic OH excluding ortho intramolecular Hbond substituents is 2. The van der Waals surface area contributed by atoms with Crippen LogP contribution in [0.3, 0.4) is 0 Å². The Balaban J connectivity index is 1.65. The minimum Gasteiger partial charge on any atom is -0.504 e. The fourth-order valence-electron chi connectivity index (χ4n) is 3.30. The highest BCUT2D eigenvalue weighted by Crippen LogP contribution is 2.34. The second kappa shape index (κ2) is 10.1. The van der Waals surface area contributed by atoms with Gasteiger partial charge in [-0.2, -0.15) is 0 Å². The van der Waals surface area contributed by atoms with Crippen LogP contribution >= 0.6 is 0 Å². The lowest BCUT2D eigenvalue weighted by Gasteiger charge is -2.19. The second-order valence-corrected chi connectivity index (χ2v) is 7.35. The van der Waals surface area contributed by atoms with Gasteiger partial charge in [0.2, 0.25) is 5.75 Å². The van der Waals surface area contributed by atoms with Gasteiger partial charge in [-0.25, -0.2) is 0 Å². The number of benzene rings is 2. The fraction of sp³-hybridized carbons (Fsp3) is 0.348. The molecule has 0 aliphatic heterocycles. The first-order valence-electron chi connectivity index (χ1n) is 10.2. The Morgan fingerprint density at radius 3 is 2.50 bits per heavy atom. The van der Waals surface area contributed by atoms with Crippen LogP contribution in [0.1, 0.15) is 19.3 Å². The Morgan fingerprint density at radius 1 is 1.03 bits per heavy atom. The van der Waals surface area contributed by atoms with Crippen LogP contribution in [0.25, 0.3) is 22.3 Å². The molecule has 0 spiro atoms. The van der Waals surface area contributed by atoms with E-state index in [2.05, 4.69) is 10.2 Å². The van der Waals surface area contributed by atoms with Gasteiger partial charge in [0.1, 0.15) is 5.76 Å². The Hall–Kier alpha value is -3.03. The van der Waals surface area contributed by atoms with Crippen molar-refractivity contribution >= 4 is 16.7 Å². The zero-order chi connectivity index (χ0) is 21.5. The van der Waals surface area contributed by atoms with E-state index >= 15 is 0 Å². The first-order valence-corrected chi connectivity index (χ1v) is 10.2. The van der Waals surface area contributed by atoms with Crippen LogP contribution in [-0.4, -0.2) is 43.4 Å². The SMILES string of the molecule is CN(CCCCNCCCN)c1ccc(-c2cc(=O)c3ccc(O)c(O)c3o2)cc1. The molecule has 0 unspecified atom stereocenters. The monoisotopic (exact) mass is 411 g/mol. The van der Waals surface area contributed by atoms with Gasteiger partial charge in [-0.3, -0.25) is 4.79 Å². The largest absolute Gasteiger partial charge is 0.504 e. The molecule has 0 saturated carbocycles. The van der Waals surface area contributed by atoms with Gasteiger partial charge in [-0.05, 0) is 75.3 Å². The van der Waals surface area contributed by atoms with E-state index in [0.29, 0.717) is 5.76 Å². The molecular formula is C23H29N3O4. The number of unbranched alkanes of at least 4 members (excludes halogenated alkanes) is 1. The maximum atomic E-state index is 12.4. The molecule has 0 saturated heterocycles. The van der Waals surface area contributed by atoms with Gasteiger partial charge in [0, 0.05) is 30.9 Å². The molecular weight excluding hydrogens is 382 g/mol. The van der Waals surface area contributed by atoms with Gasteiger partial charge in [-0.15, -0.1) is 0 Å². The third-order valence-corrected chi connectivity index (χ3v) is 5.10. The predicted molar refractivity (Wildman–Crippen MR) is 120 cm³/mol. The Labute approximate surface area is 175 Å². The number of anilines is 1. The lowest BCUT2D eigenvalue weighted by Crippen LogP contribution is -2.22. The second-order valence-electron chi connectivity index (χ2n) is 7.35. The number of fused-ring (bicyclic) bond motifs is 1. The van der Waals surface area contributed by atoms with Crippen LogP contribution in [-0.2, 0) is 0 Å². The van der Waals surface area contributed by atoms with Gasteiger partial charge in [0.15, 0.2) is 16.8 Å². The highest BCUT2D eigenvalue weighted by molar-refractivity contribution is 5.86. The third-order valence-electron chi connectivity index (χ3n) is 5.10. The van der Waals surface area contributed by atoms with Crippen molar-refractivity contribution in [1.29, 1.82) is 0 Å². The van der Waals surface area contributed by atoms with Crippen LogP contribution in [0, 0.1) is 0 Å². The Morgan fingerprint density at radius 2 is 1.77 bits per heavy atom. The number of aromatic hydroxyl groups is 2. The quantitative estimate of drug-likeness (QED) is 0.300. The Bertz CT molecular complexity index is 1030. The molecule has 3 rings (SSSR count). The third kappa shape index (κ3) is 5.11. The molecule has 0 aliphatic rings. The number of phenols is 2. The molecule has 1 heterocycles. The van der Waals surface area contributed by atoms with Crippen molar-refractivity contribution in [3.8, 4) is 22.8 Å². The van der Waals surface area contributed by atoms with Crippen LogP contribution in [0.4, 0.5) is 5.69 Å². The molecule has 7 heteroatoms. The average Bonchev–Trinajstić information content (AvgIpc) is 2.75. The summed E-state index contributed by atoms with van der Waals surface area (Å²) >= 11 is 0. The summed E-state index contributed by atoms with van der Waals surface area (Å²) in [6, 6.07) is 11.8. The van der Waals surface area contributed by atoms with E-state index in [-0.39, 0.29) is 22.1 Å². The first-order chi connectivity index (χ1) is 14.5. The lowest BCUT2D eigenvalue weighted by molar-refractivity contribution is 0.400. The van der Waals surface area contributed by atoms with E-state index in [1.807, 2.05) is 31.3 Å². The predicted octanol–water partition coefficient (Wildman–Crippen LogP) is 3.03. The van der Waals surface area contributed by atoms with Crippen molar-refractivity contribution in [2.75, 3.05) is 38.1 Å². The summed E-state index contributed by atoms with van der Waals surface area (Å²) in [5, 5.41) is 23.3. The van der Waals surface area contributed by atoms with Crippen LogP contribution < -0.4 is 21.4 Å². The summed E-state index contributed by atoms with van der Waals surface area (Å²) in [7, 11) is 2.05. The molecule has 0 amide bonds. The van der Waals surface area contributed by atoms with Crippen molar-refractivity contribution in [1.82, 2.24) is 5.32 Å². The van der Waals surface area contributed by atoms with Gasteiger partial charge in [-0.1, -0.05) is 0 Å². The molecule has 0 aliphatic carbocycles. The highest BCUT2D eigenvalue weighted by atomic mass is 16.4. The molecule has 160 valence electrons. The number of hydrogen-bond donors (Lipinski definition) is 4. The summed E-state index contributed by atoms with van der Waals surface area (Å²) in [5.41, 5.74) is 6.97. The van der Waals surface area contributed by atoms with Crippen molar-refractivity contribution in [2.45, 2.75) is 19.3 Å². The number of hydrogen-bond acceptors (Lipinski definition) is 7. The number of rotatable bonds is 10. The first kappa shape index (κ1) is 21.7. The zero-order valence-corrected chi connectivity index (χ0v) is 17.2. The molecule has 0 atom stereocenters. The van der Waals surface area contributed by atoms with E-state index in [1.54, 1.807) is 0 Å². The fourth-order valence-corrected chi connectivity index (χ4v) is 3.30. The van der Waals surface area contributed by atoms with Crippen molar-refractivity contribution < 1.29 is 14.6 Å². The number of nitrogens with one attached hydrogen (secondary N) is 1. The van der Waals surface area contributed by atoms with Gasteiger partial charge in [0.25, 0.3) is 0 Å². The van der Waals surface area contributed by atoms with E-state index in [0.717, 1.165) is 56.7 Å². The van der Waals surface area contributed by atoms with Crippen molar-refractivity contribution in [3.63, 3.8) is 0 Å². The lowest BCUT2D eigenvalue weighted by atomic mass is 10.1. The van der Waals surface area contributed by atoms with Crippen LogP contribution in [0.2, 0.25) is 0 Å². The van der Waals surface area contributed by atoms with Crippen LogP contribution in [0.15, 0.2) is 51.7 Å². The van der Waals surface area contributed by atoms with Gasteiger partial charge in [0.05, 0.1) is 5.39 Å². The number of nitrogens with two attached hydrogens (primary N) is 1. The van der Waals surface area contributed by atoms with E-state index < -0.39 is 5.75 Å². The number of nitrogens with zero attached hydrogens (tertiary/aromatic N) is 1. The molecule has 2 aromatic carbocycles. The molecule has 3 aromatic rings. The maximum absolute atomic E-state index is 12.4. The normalized spacial score (nSPS) is 11.1. The van der Waals surface area contributed by atoms with E-state index in [4.69, 9.17) is 10.2 Å². The molecule has 0 fully saturated rings. The van der Waals surface area contributed by atoms with Crippen LogP contribution in [0.5, 0.6) is 11.5 Å². The zero-order valence-electron chi connectivity index (χ0n) is 17.2. The smallest absolute Gasteiger partial charge is 0.201 e. The molecule has 7 nitrogen and oxygen atoms in total. The standard InChI is InChI=1S/C23H29N3O4/c1-26(14-3-2-12-25-13-4-11-24)17-7-5-16(6-8-17)21-15-20(28)18-9-10-19(27)22(29)23(18)30-21/h5-10,15,25,27,29H,2-4,11-14,24H2,1H3. The summed E-state index contributed by atoms with van der Waals surface area (Å²) in [5.74, 6) is -0.416. The summed E-state index contributed by atoms with van der Waals surface area (Å²) in [6.07, 6.45) is 3.19. The average molecular weight is 412 g/mol. The van der Waals surface area contributed by atoms with Crippen molar-refractivity contribution in [2.24, 2.45) is 5.73 Å². The summed E-state index contributed by atoms with van der Waals surface area (Å²) in [6.45, 7) is 3.63. The van der Waals surface area contributed by atoms with Gasteiger partial charge >= 0.3 is 0 Å². The maximum Gasteiger partial charge on any atom is 0.201 e. The van der Waals surface area contributed by atoms with Gasteiger partial charge < -0.3 is 30.6 Å². The Kier molecular flexibility index (Phi) is 7.32. The molecule has 0 bridgehead atoms. The van der Waals surface area contributed by atoms with Crippen molar-refractivity contribution in [3.05, 3.63) is 52.7 Å². The van der Waals surface area contributed by atoms with E-state index in [1.165, 1.54) is 18.2 Å². The minimum atomic E-state index is -0.430. The summed E-state index contributed by atoms with van der Waals surface area (Å²) < 4.78 is 5.72. The minimum absolute atomic E-state index is 0.0150. The molecule has 1 aromatic heterocycles. The molecule has 0 radical (unpaired) electrons. The topological polar surface area (TPSA) is 112 Å². The highest BCUT2D eigenvalue weighted by Gasteiger charge is 2.13. The summed E-state index contributed by atoms with van der Waals surface area (Å²) in [4.78, 5) is 14.6. The molecule has 5 N–H and O–H groups in total.